The lowest BCUT2D eigenvalue weighted by Gasteiger charge is -2.20. The van der Waals surface area contributed by atoms with Crippen LogP contribution in [0.2, 0.25) is 0 Å². The number of carbonyl (C=O) groups is 2. The van der Waals surface area contributed by atoms with E-state index in [0.717, 1.165) is 37.7 Å². The number of amides is 2. The third-order valence-electron chi connectivity index (χ3n) is 4.65. The van der Waals surface area contributed by atoms with E-state index < -0.39 is 0 Å². The van der Waals surface area contributed by atoms with Gasteiger partial charge in [0.1, 0.15) is 0 Å². The zero-order valence-corrected chi connectivity index (χ0v) is 14.2. The second-order valence-electron chi connectivity index (χ2n) is 6.53. The topological polar surface area (TPSA) is 58.2 Å². The molecule has 2 N–H and O–H groups in total. The summed E-state index contributed by atoms with van der Waals surface area (Å²) in [6.07, 6.45) is 6.53. The first kappa shape index (κ1) is 17.5. The summed E-state index contributed by atoms with van der Waals surface area (Å²) in [6.45, 7) is 4.57. The van der Waals surface area contributed by atoms with Gasteiger partial charge in [-0.25, -0.2) is 0 Å². The fraction of sp³-hybridized carbons (Fsp3) is 0.579. The summed E-state index contributed by atoms with van der Waals surface area (Å²) in [5.74, 6) is 0.310. The number of carbonyl (C=O) groups excluding carboxylic acids is 2. The van der Waals surface area contributed by atoms with Gasteiger partial charge < -0.3 is 10.6 Å². The van der Waals surface area contributed by atoms with Gasteiger partial charge in [0.2, 0.25) is 5.91 Å². The highest BCUT2D eigenvalue weighted by molar-refractivity contribution is 5.94. The first-order valence-electron chi connectivity index (χ1n) is 8.77. The molecule has 1 atom stereocenters. The Hall–Kier alpha value is -1.84. The Balaban J connectivity index is 1.82. The molecule has 1 aromatic rings. The van der Waals surface area contributed by atoms with Crippen molar-refractivity contribution in [1.29, 1.82) is 0 Å². The van der Waals surface area contributed by atoms with Gasteiger partial charge in [0, 0.05) is 24.1 Å². The van der Waals surface area contributed by atoms with Crippen LogP contribution in [0, 0.1) is 5.92 Å². The Kier molecular flexibility index (Phi) is 6.63. The van der Waals surface area contributed by atoms with Crippen LogP contribution in [0.25, 0.3) is 0 Å². The molecule has 2 rings (SSSR count). The van der Waals surface area contributed by atoms with Crippen molar-refractivity contribution in [3.63, 3.8) is 0 Å². The molecule has 1 aromatic carbocycles. The molecular weight excluding hydrogens is 288 g/mol. The number of nitrogens with one attached hydrogen (secondary N) is 2. The molecule has 1 aliphatic carbocycles. The molecule has 1 saturated carbocycles. The fourth-order valence-corrected chi connectivity index (χ4v) is 2.88. The molecule has 0 bridgehead atoms. The summed E-state index contributed by atoms with van der Waals surface area (Å²) in [5, 5.41) is 5.97. The minimum absolute atomic E-state index is 0.0443. The predicted molar refractivity (Wildman–Crippen MR) is 92.1 cm³/mol. The summed E-state index contributed by atoms with van der Waals surface area (Å²) in [5.41, 5.74) is 1.68. The molecule has 1 aliphatic rings. The summed E-state index contributed by atoms with van der Waals surface area (Å²) in [7, 11) is 0. The molecule has 2 amide bonds. The van der Waals surface area contributed by atoms with Gasteiger partial charge in [0.05, 0.1) is 0 Å². The second kappa shape index (κ2) is 8.70. The van der Waals surface area contributed by atoms with Crippen LogP contribution in [-0.2, 0) is 11.3 Å². The molecular formula is C19H28N2O2. The highest BCUT2D eigenvalue weighted by Crippen LogP contribution is 2.23. The van der Waals surface area contributed by atoms with Gasteiger partial charge in [-0.2, -0.15) is 0 Å². The monoisotopic (exact) mass is 316 g/mol. The van der Waals surface area contributed by atoms with Gasteiger partial charge in [-0.3, -0.25) is 9.59 Å². The smallest absolute Gasteiger partial charge is 0.251 e. The number of hydrogen-bond donors (Lipinski definition) is 2. The van der Waals surface area contributed by atoms with Gasteiger partial charge in [-0.1, -0.05) is 38.3 Å². The summed E-state index contributed by atoms with van der Waals surface area (Å²) in [6, 6.07) is 7.64. The average molecular weight is 316 g/mol. The third-order valence-corrected chi connectivity index (χ3v) is 4.65. The normalized spacial score (nSPS) is 16.6. The Bertz CT molecular complexity index is 519. The third kappa shape index (κ3) is 5.38. The van der Waals surface area contributed by atoms with E-state index in [0.29, 0.717) is 12.1 Å². The zero-order chi connectivity index (χ0) is 16.7. The van der Waals surface area contributed by atoms with Crippen molar-refractivity contribution in [1.82, 2.24) is 10.6 Å². The largest absolute Gasteiger partial charge is 0.352 e. The van der Waals surface area contributed by atoms with Crippen LogP contribution in [0.3, 0.4) is 0 Å². The maximum absolute atomic E-state index is 12.1. The molecule has 0 radical (unpaired) electrons. The molecule has 23 heavy (non-hydrogen) atoms. The molecule has 4 nitrogen and oxygen atoms in total. The first-order valence-corrected chi connectivity index (χ1v) is 8.77. The minimum atomic E-state index is -0.0443. The van der Waals surface area contributed by atoms with Crippen molar-refractivity contribution in [2.24, 2.45) is 5.92 Å². The lowest BCUT2D eigenvalue weighted by Crippen LogP contribution is -2.32. The lowest BCUT2D eigenvalue weighted by molar-refractivity contribution is -0.126. The van der Waals surface area contributed by atoms with Crippen molar-refractivity contribution in [2.45, 2.75) is 65.0 Å². The predicted octanol–water partition coefficient (Wildman–Crippen LogP) is 3.41. The van der Waals surface area contributed by atoms with Gasteiger partial charge in [-0.15, -0.1) is 0 Å². The Morgan fingerprint density at radius 2 is 1.78 bits per heavy atom. The molecule has 4 heteroatoms. The Labute approximate surface area is 139 Å². The molecule has 0 aliphatic heterocycles. The highest BCUT2D eigenvalue weighted by Gasteiger charge is 2.20. The van der Waals surface area contributed by atoms with Crippen LogP contribution in [0.1, 0.15) is 68.3 Å². The van der Waals surface area contributed by atoms with E-state index in [4.69, 9.17) is 0 Å². The molecule has 0 aromatic heterocycles. The van der Waals surface area contributed by atoms with Crippen LogP contribution in [-0.4, -0.2) is 17.9 Å². The second-order valence-corrected chi connectivity index (χ2v) is 6.53. The van der Waals surface area contributed by atoms with Crippen molar-refractivity contribution in [2.75, 3.05) is 0 Å². The Morgan fingerprint density at radius 1 is 1.13 bits per heavy atom. The quantitative estimate of drug-likeness (QED) is 0.845. The van der Waals surface area contributed by atoms with Crippen LogP contribution >= 0.6 is 0 Å². The molecule has 1 fully saturated rings. The van der Waals surface area contributed by atoms with Crippen LogP contribution in [0.5, 0.6) is 0 Å². The average Bonchev–Trinajstić information content (AvgIpc) is 2.60. The van der Waals surface area contributed by atoms with E-state index in [9.17, 15) is 9.59 Å². The molecule has 126 valence electrons. The molecule has 0 heterocycles. The van der Waals surface area contributed by atoms with E-state index >= 15 is 0 Å². The van der Waals surface area contributed by atoms with E-state index in [1.165, 1.54) is 6.42 Å². The van der Waals surface area contributed by atoms with E-state index in [1.807, 2.05) is 38.1 Å². The number of rotatable bonds is 6. The van der Waals surface area contributed by atoms with Gasteiger partial charge in [-0.05, 0) is 43.9 Å². The fourth-order valence-electron chi connectivity index (χ4n) is 2.88. The summed E-state index contributed by atoms with van der Waals surface area (Å²) in [4.78, 5) is 24.1. The molecule has 0 saturated heterocycles. The lowest BCUT2D eigenvalue weighted by atomic mass is 9.88. The van der Waals surface area contributed by atoms with Gasteiger partial charge in [0.25, 0.3) is 5.91 Å². The Morgan fingerprint density at radius 3 is 2.39 bits per heavy atom. The van der Waals surface area contributed by atoms with Crippen molar-refractivity contribution in [3.05, 3.63) is 35.4 Å². The first-order chi connectivity index (χ1) is 11.1. The number of benzene rings is 1. The van der Waals surface area contributed by atoms with Gasteiger partial charge in [0.15, 0.2) is 0 Å². The van der Waals surface area contributed by atoms with Crippen LogP contribution in [0.4, 0.5) is 0 Å². The van der Waals surface area contributed by atoms with Crippen molar-refractivity contribution < 1.29 is 9.59 Å². The standard InChI is InChI=1S/C19H28N2O2/c1-3-14(2)21-19(23)17-11-9-15(10-12-17)13-20-18(22)16-7-5-4-6-8-16/h9-12,14,16H,3-8,13H2,1-2H3,(H,20,22)(H,21,23)/t14-/m0/s1. The maximum Gasteiger partial charge on any atom is 0.251 e. The van der Waals surface area contributed by atoms with E-state index in [1.54, 1.807) is 0 Å². The van der Waals surface area contributed by atoms with E-state index in [-0.39, 0.29) is 23.8 Å². The zero-order valence-electron chi connectivity index (χ0n) is 14.2. The van der Waals surface area contributed by atoms with Crippen LogP contribution < -0.4 is 10.6 Å². The summed E-state index contributed by atoms with van der Waals surface area (Å²) >= 11 is 0. The van der Waals surface area contributed by atoms with E-state index in [2.05, 4.69) is 10.6 Å². The van der Waals surface area contributed by atoms with Crippen molar-refractivity contribution in [3.8, 4) is 0 Å². The SMILES string of the molecule is CC[C@H](C)NC(=O)c1ccc(CNC(=O)C2CCCCC2)cc1. The molecule has 0 spiro atoms. The maximum atomic E-state index is 12.1. The molecule has 0 unspecified atom stereocenters. The summed E-state index contributed by atoms with van der Waals surface area (Å²) < 4.78 is 0. The number of hydrogen-bond acceptors (Lipinski definition) is 2. The van der Waals surface area contributed by atoms with Crippen LogP contribution in [0.15, 0.2) is 24.3 Å². The minimum Gasteiger partial charge on any atom is -0.352 e. The van der Waals surface area contributed by atoms with Crippen molar-refractivity contribution >= 4 is 11.8 Å². The van der Waals surface area contributed by atoms with Gasteiger partial charge >= 0.3 is 0 Å². The highest BCUT2D eigenvalue weighted by atomic mass is 16.2.